The van der Waals surface area contributed by atoms with Gasteiger partial charge in [-0.1, -0.05) is 24.3 Å². The van der Waals surface area contributed by atoms with Gasteiger partial charge in [0.1, 0.15) is 12.7 Å². The summed E-state index contributed by atoms with van der Waals surface area (Å²) in [5.41, 5.74) is 2.90. The Hall–Kier alpha value is -4.50. The number of rotatable bonds is 9. The third-order valence-electron chi connectivity index (χ3n) is 7.18. The molecule has 0 radical (unpaired) electrons. The van der Waals surface area contributed by atoms with Crippen LogP contribution in [0, 0.1) is 27.4 Å². The average molecular weight is 580 g/mol. The number of amides is 1. The van der Waals surface area contributed by atoms with E-state index < -0.39 is 23.6 Å². The number of nitriles is 1. The molecule has 0 fully saturated rings. The summed E-state index contributed by atoms with van der Waals surface area (Å²) in [5.74, 6) is 0.765. The number of thioether (sulfide) groups is 1. The Bertz CT molecular complexity index is 1490. The van der Waals surface area contributed by atoms with Gasteiger partial charge in [0.15, 0.2) is 17.3 Å². The average Bonchev–Trinajstić information content (AvgIpc) is 3.20. The van der Waals surface area contributed by atoms with Crippen LogP contribution >= 0.6 is 11.8 Å². The molecule has 11 nitrogen and oxygen atoms in total. The molecule has 2 aromatic rings. The Balaban J connectivity index is 1.68. The molecule has 0 bridgehead atoms. The SMILES string of the molecule is COc1cc2c(c(OC)c1OC)C=CC1=C(SC)C(=O)CC(NC(=O)c3cccc(CO[N+](=O)[O-])c3C#N)CC1C2. The topological polar surface area (TPSA) is 150 Å². The van der Waals surface area contributed by atoms with Crippen LogP contribution in [0.4, 0.5) is 0 Å². The number of fused-ring (bicyclic) bond motifs is 2. The second-order valence-electron chi connectivity index (χ2n) is 9.42. The monoisotopic (exact) mass is 579 g/mol. The van der Waals surface area contributed by atoms with Gasteiger partial charge < -0.3 is 24.4 Å². The summed E-state index contributed by atoms with van der Waals surface area (Å²) in [7, 11) is 4.65. The highest BCUT2D eigenvalue weighted by Crippen LogP contribution is 2.46. The third kappa shape index (κ3) is 6.00. The fourth-order valence-electron chi connectivity index (χ4n) is 5.41. The van der Waals surface area contributed by atoms with Gasteiger partial charge in [0.25, 0.3) is 11.0 Å². The number of hydrogen-bond donors (Lipinski definition) is 1. The van der Waals surface area contributed by atoms with E-state index in [4.69, 9.17) is 14.2 Å². The van der Waals surface area contributed by atoms with Crippen molar-refractivity contribution in [3.05, 3.63) is 78.8 Å². The molecule has 41 heavy (non-hydrogen) atoms. The van der Waals surface area contributed by atoms with E-state index in [9.17, 15) is 25.0 Å². The maximum Gasteiger partial charge on any atom is 0.294 e. The number of ether oxygens (including phenoxy) is 3. The quantitative estimate of drug-likeness (QED) is 0.337. The molecule has 2 aliphatic carbocycles. The van der Waals surface area contributed by atoms with Crippen LogP contribution in [0.5, 0.6) is 17.2 Å². The normalized spacial score (nSPS) is 17.8. The molecule has 2 aliphatic rings. The molecule has 0 saturated carbocycles. The Morgan fingerprint density at radius 2 is 1.93 bits per heavy atom. The van der Waals surface area contributed by atoms with Gasteiger partial charge in [0, 0.05) is 18.0 Å². The van der Waals surface area contributed by atoms with Crippen LogP contribution < -0.4 is 19.5 Å². The van der Waals surface area contributed by atoms with Crippen molar-refractivity contribution in [1.29, 1.82) is 5.26 Å². The minimum atomic E-state index is -0.959. The summed E-state index contributed by atoms with van der Waals surface area (Å²) in [6.45, 7) is -0.463. The first-order chi connectivity index (χ1) is 19.8. The summed E-state index contributed by atoms with van der Waals surface area (Å²) in [5, 5.41) is 22.3. The fraction of sp³-hybridized carbons (Fsp3) is 0.345. The maximum atomic E-state index is 13.4. The van der Waals surface area contributed by atoms with Gasteiger partial charge in [-0.3, -0.25) is 9.59 Å². The summed E-state index contributed by atoms with van der Waals surface area (Å²) < 4.78 is 16.8. The third-order valence-corrected chi connectivity index (χ3v) is 8.05. The van der Waals surface area contributed by atoms with E-state index in [1.54, 1.807) is 21.3 Å². The molecule has 0 aromatic heterocycles. The van der Waals surface area contributed by atoms with E-state index >= 15 is 0 Å². The molecule has 12 heteroatoms. The highest BCUT2D eigenvalue weighted by molar-refractivity contribution is 8.03. The van der Waals surface area contributed by atoms with Gasteiger partial charge in [0.2, 0.25) is 5.75 Å². The number of Topliss-reactive ketones (excluding diaryl/α,β-unsaturated/α-hetero) is 1. The van der Waals surface area contributed by atoms with Crippen molar-refractivity contribution in [3.8, 4) is 23.3 Å². The summed E-state index contributed by atoms with van der Waals surface area (Å²) in [4.78, 5) is 42.5. The van der Waals surface area contributed by atoms with Crippen LogP contribution in [0.2, 0.25) is 0 Å². The molecule has 0 spiro atoms. The standard InChI is InChI=1S/C29H29N3O8S/c1-37-25-12-18-10-17-11-19(31-29(34)22-7-5-6-16(23(22)14-30)15-40-32(35)36)13-24(33)28(41-4)21(17)9-8-20(18)26(38-2)27(25)39-3/h5-9,12,17,19H,10-11,13,15H2,1-4H3,(H,31,34). The first-order valence-electron chi connectivity index (χ1n) is 12.7. The lowest BCUT2D eigenvalue weighted by Crippen LogP contribution is -2.37. The highest BCUT2D eigenvalue weighted by Gasteiger charge is 2.34. The molecular weight excluding hydrogens is 550 g/mol. The second-order valence-corrected chi connectivity index (χ2v) is 10.2. The lowest BCUT2D eigenvalue weighted by molar-refractivity contribution is -0.763. The Morgan fingerprint density at radius 3 is 2.56 bits per heavy atom. The number of carbonyl (C=O) groups is 2. The van der Waals surface area contributed by atoms with Crippen LogP contribution in [-0.2, 0) is 22.7 Å². The van der Waals surface area contributed by atoms with Crippen molar-refractivity contribution in [2.75, 3.05) is 27.6 Å². The minimum absolute atomic E-state index is 0.0186. The molecule has 2 atom stereocenters. The second kappa shape index (κ2) is 12.8. The van der Waals surface area contributed by atoms with Crippen LogP contribution in [0.25, 0.3) is 6.08 Å². The zero-order chi connectivity index (χ0) is 29.7. The number of hydrogen-bond acceptors (Lipinski definition) is 10. The molecule has 1 amide bonds. The number of benzene rings is 2. The van der Waals surface area contributed by atoms with Crippen molar-refractivity contribution < 1.29 is 33.7 Å². The first kappa shape index (κ1) is 29.5. The number of ketones is 1. The number of nitrogens with one attached hydrogen (secondary N) is 1. The van der Waals surface area contributed by atoms with Crippen LogP contribution in [0.3, 0.4) is 0 Å². The lowest BCUT2D eigenvalue weighted by Gasteiger charge is -2.23. The van der Waals surface area contributed by atoms with Crippen molar-refractivity contribution in [1.82, 2.24) is 5.32 Å². The zero-order valence-electron chi connectivity index (χ0n) is 23.0. The molecule has 2 unspecified atom stereocenters. The zero-order valence-corrected chi connectivity index (χ0v) is 23.8. The molecule has 4 rings (SSSR count). The van der Waals surface area contributed by atoms with E-state index in [0.29, 0.717) is 35.0 Å². The largest absolute Gasteiger partial charge is 0.493 e. The molecule has 214 valence electrons. The van der Waals surface area contributed by atoms with Crippen molar-refractivity contribution in [2.45, 2.75) is 31.9 Å². The predicted octanol–water partition coefficient (Wildman–Crippen LogP) is 4.26. The molecule has 2 aromatic carbocycles. The first-order valence-corrected chi connectivity index (χ1v) is 13.9. The molecule has 1 N–H and O–H groups in total. The number of methoxy groups -OCH3 is 3. The van der Waals surface area contributed by atoms with E-state index in [1.165, 1.54) is 30.0 Å². The van der Waals surface area contributed by atoms with Gasteiger partial charge in [-0.25, -0.2) is 0 Å². The smallest absolute Gasteiger partial charge is 0.294 e. The number of allylic oxidation sites excluding steroid dienone is 3. The maximum absolute atomic E-state index is 13.4. The number of carbonyl (C=O) groups excluding carboxylic acids is 2. The molecule has 0 heterocycles. The Kier molecular flexibility index (Phi) is 9.19. The van der Waals surface area contributed by atoms with Crippen molar-refractivity contribution >= 4 is 29.5 Å². The van der Waals surface area contributed by atoms with Gasteiger partial charge >= 0.3 is 0 Å². The van der Waals surface area contributed by atoms with Crippen LogP contribution in [0.15, 0.2) is 40.8 Å². The minimum Gasteiger partial charge on any atom is -0.493 e. The van der Waals surface area contributed by atoms with E-state index in [-0.39, 0.29) is 34.8 Å². The molecular formula is C29H29N3O8S. The summed E-state index contributed by atoms with van der Waals surface area (Å²) in [6, 6.07) is 7.82. The highest BCUT2D eigenvalue weighted by atomic mass is 32.2. The summed E-state index contributed by atoms with van der Waals surface area (Å²) >= 11 is 1.37. The van der Waals surface area contributed by atoms with Gasteiger partial charge in [-0.2, -0.15) is 5.26 Å². The van der Waals surface area contributed by atoms with Crippen molar-refractivity contribution in [3.63, 3.8) is 0 Å². The van der Waals surface area contributed by atoms with Gasteiger partial charge in [-0.15, -0.1) is 21.9 Å². The lowest BCUT2D eigenvalue weighted by atomic mass is 9.87. The van der Waals surface area contributed by atoms with Crippen molar-refractivity contribution in [2.24, 2.45) is 5.92 Å². The number of nitrogens with zero attached hydrogens (tertiary/aromatic N) is 2. The Morgan fingerprint density at radius 1 is 1.17 bits per heavy atom. The fourth-order valence-corrected chi connectivity index (χ4v) is 6.19. The van der Waals surface area contributed by atoms with Crippen LogP contribution in [-0.4, -0.2) is 50.4 Å². The predicted molar refractivity (Wildman–Crippen MR) is 151 cm³/mol. The van der Waals surface area contributed by atoms with Gasteiger partial charge in [-0.05, 0) is 53.8 Å². The van der Waals surface area contributed by atoms with Crippen LogP contribution in [0.1, 0.15) is 45.5 Å². The van der Waals surface area contributed by atoms with E-state index in [0.717, 1.165) is 16.7 Å². The Labute approximate surface area is 241 Å². The van der Waals surface area contributed by atoms with E-state index in [2.05, 4.69) is 10.2 Å². The molecule has 0 aliphatic heterocycles. The molecule has 0 saturated heterocycles. The summed E-state index contributed by atoms with van der Waals surface area (Å²) in [6.07, 6.45) is 6.81. The van der Waals surface area contributed by atoms with E-state index in [1.807, 2.05) is 30.5 Å². The van der Waals surface area contributed by atoms with Gasteiger partial charge in [0.05, 0.1) is 37.4 Å².